The normalized spacial score (nSPS) is 22.0. The molecule has 1 heterocycles. The van der Waals surface area contributed by atoms with Crippen molar-refractivity contribution >= 4 is 35.2 Å². The fourth-order valence-electron chi connectivity index (χ4n) is 5.30. The topological polar surface area (TPSA) is 66.4 Å². The number of carbonyl (C=O) groups is 2. The van der Waals surface area contributed by atoms with E-state index in [1.54, 1.807) is 0 Å². The van der Waals surface area contributed by atoms with Crippen molar-refractivity contribution in [1.82, 2.24) is 0 Å². The number of carboxylic acids is 1. The van der Waals surface area contributed by atoms with Gasteiger partial charge in [0.1, 0.15) is 0 Å². The third kappa shape index (κ3) is 2.83. The highest BCUT2D eigenvalue weighted by atomic mass is 35.5. The van der Waals surface area contributed by atoms with Gasteiger partial charge in [-0.15, -0.1) is 0 Å². The second-order valence-electron chi connectivity index (χ2n) is 8.89. The van der Waals surface area contributed by atoms with Gasteiger partial charge in [0.25, 0.3) is 0 Å². The highest BCUT2D eigenvalue weighted by molar-refractivity contribution is 6.34. The van der Waals surface area contributed by atoms with Gasteiger partial charge in [0.05, 0.1) is 16.9 Å². The molecule has 32 heavy (non-hydrogen) atoms. The van der Waals surface area contributed by atoms with Crippen LogP contribution in [-0.4, -0.2) is 17.0 Å². The quantitative estimate of drug-likeness (QED) is 0.555. The van der Waals surface area contributed by atoms with E-state index < -0.39 is 11.4 Å². The number of aliphatic carboxylic acids is 1. The molecule has 0 radical (unpaired) electrons. The first kappa shape index (κ1) is 19.3. The van der Waals surface area contributed by atoms with Crippen LogP contribution in [0.2, 0.25) is 5.02 Å². The molecule has 1 saturated carbocycles. The van der Waals surface area contributed by atoms with E-state index >= 15 is 0 Å². The Morgan fingerprint density at radius 3 is 2.72 bits per heavy atom. The molecule has 2 N–H and O–H groups in total. The van der Waals surface area contributed by atoms with E-state index in [4.69, 9.17) is 16.7 Å². The fourth-order valence-corrected chi connectivity index (χ4v) is 5.57. The van der Waals surface area contributed by atoms with E-state index in [1.807, 2.05) is 30.3 Å². The molecular formula is C27H20ClNO3. The van der Waals surface area contributed by atoms with Gasteiger partial charge in [-0.05, 0) is 64.4 Å². The van der Waals surface area contributed by atoms with Gasteiger partial charge in [-0.25, -0.2) is 0 Å². The van der Waals surface area contributed by atoms with Crippen LogP contribution in [0.15, 0.2) is 60.7 Å². The average Bonchev–Trinajstić information content (AvgIpc) is 3.23. The SMILES string of the molecule is O=C(O)Cc1ccc(C2CC23C(=O)Nc2cc(Cl)c(-c4ccc5c(c4)C=CC5)cc23)cc1. The van der Waals surface area contributed by atoms with E-state index in [2.05, 4.69) is 41.7 Å². The Balaban J connectivity index is 1.38. The predicted octanol–water partition coefficient (Wildman–Crippen LogP) is 5.58. The number of hydrogen-bond donors (Lipinski definition) is 2. The van der Waals surface area contributed by atoms with Crippen LogP contribution in [0.5, 0.6) is 0 Å². The molecule has 0 bridgehead atoms. The minimum absolute atomic E-state index is 0.00274. The van der Waals surface area contributed by atoms with Crippen LogP contribution >= 0.6 is 11.6 Å². The summed E-state index contributed by atoms with van der Waals surface area (Å²) in [6.45, 7) is 0. The number of hydrogen-bond acceptors (Lipinski definition) is 2. The Hall–Kier alpha value is -3.37. The van der Waals surface area contributed by atoms with Gasteiger partial charge >= 0.3 is 5.97 Å². The lowest BCUT2D eigenvalue weighted by atomic mass is 9.89. The average molecular weight is 442 g/mol. The number of fused-ring (bicyclic) bond motifs is 3. The largest absolute Gasteiger partial charge is 0.481 e. The van der Waals surface area contributed by atoms with Crippen LogP contribution < -0.4 is 5.32 Å². The molecule has 1 spiro atoms. The Morgan fingerprint density at radius 1 is 1.12 bits per heavy atom. The maximum absolute atomic E-state index is 13.1. The zero-order valence-electron chi connectivity index (χ0n) is 17.2. The van der Waals surface area contributed by atoms with Gasteiger partial charge in [0.15, 0.2) is 0 Å². The van der Waals surface area contributed by atoms with E-state index in [0.29, 0.717) is 5.02 Å². The van der Waals surface area contributed by atoms with Crippen LogP contribution in [0, 0.1) is 0 Å². The van der Waals surface area contributed by atoms with Crippen molar-refractivity contribution in [3.63, 3.8) is 0 Å². The number of halogens is 1. The summed E-state index contributed by atoms with van der Waals surface area (Å²) in [5.41, 5.74) is 7.53. The highest BCUT2D eigenvalue weighted by Crippen LogP contribution is 2.65. The Bertz CT molecular complexity index is 1340. The van der Waals surface area contributed by atoms with E-state index in [-0.39, 0.29) is 18.2 Å². The van der Waals surface area contributed by atoms with Crippen molar-refractivity contribution in [3.8, 4) is 11.1 Å². The standard InChI is InChI=1S/C27H20ClNO3/c28-23-13-24-21(12-20(23)19-9-8-16-2-1-3-18(16)11-19)27(26(32)29-24)14-22(27)17-6-4-15(5-7-17)10-25(30)31/h1,3-9,11-13,22H,2,10,14H2,(H,29,32)(H,30,31). The molecule has 0 saturated heterocycles. The summed E-state index contributed by atoms with van der Waals surface area (Å²) in [4.78, 5) is 24.0. The molecule has 3 aromatic carbocycles. The summed E-state index contributed by atoms with van der Waals surface area (Å²) in [5, 5.41) is 12.7. The minimum Gasteiger partial charge on any atom is -0.481 e. The third-order valence-electron chi connectivity index (χ3n) is 7.03. The molecule has 3 aliphatic rings. The zero-order valence-corrected chi connectivity index (χ0v) is 17.9. The fraction of sp³-hybridized carbons (Fsp3) is 0.185. The molecule has 2 atom stereocenters. The molecule has 1 amide bonds. The van der Waals surface area contributed by atoms with Crippen molar-refractivity contribution in [3.05, 3.63) is 93.5 Å². The molecule has 158 valence electrons. The minimum atomic E-state index is -0.851. The molecule has 2 unspecified atom stereocenters. The molecule has 0 aromatic heterocycles. The summed E-state index contributed by atoms with van der Waals surface area (Å²) >= 11 is 6.65. The van der Waals surface area contributed by atoms with Crippen LogP contribution in [0.3, 0.4) is 0 Å². The molecule has 1 aliphatic heterocycles. The van der Waals surface area contributed by atoms with Crippen molar-refractivity contribution in [2.45, 2.75) is 30.6 Å². The second-order valence-corrected chi connectivity index (χ2v) is 9.30. The van der Waals surface area contributed by atoms with Crippen LogP contribution in [-0.2, 0) is 27.8 Å². The Labute approximate surface area is 190 Å². The summed E-state index contributed by atoms with van der Waals surface area (Å²) < 4.78 is 0. The number of carboxylic acid groups (broad SMARTS) is 1. The van der Waals surface area contributed by atoms with E-state index in [9.17, 15) is 9.59 Å². The van der Waals surface area contributed by atoms with Gasteiger partial charge in [-0.3, -0.25) is 9.59 Å². The smallest absolute Gasteiger partial charge is 0.307 e. The molecule has 3 aromatic rings. The molecule has 1 fully saturated rings. The summed E-state index contributed by atoms with van der Waals surface area (Å²) in [6.07, 6.45) is 5.99. The number of rotatable bonds is 4. The lowest BCUT2D eigenvalue weighted by Crippen LogP contribution is -2.21. The first-order chi connectivity index (χ1) is 15.5. The number of amides is 1. The van der Waals surface area contributed by atoms with Crippen molar-refractivity contribution < 1.29 is 14.7 Å². The Kier molecular flexibility index (Phi) is 4.11. The number of nitrogens with one attached hydrogen (secondary N) is 1. The number of allylic oxidation sites excluding steroid dienone is 1. The predicted molar refractivity (Wildman–Crippen MR) is 125 cm³/mol. The van der Waals surface area contributed by atoms with Gasteiger partial charge in [-0.1, -0.05) is 60.2 Å². The monoisotopic (exact) mass is 441 g/mol. The summed E-state index contributed by atoms with van der Waals surface area (Å²) in [6, 6.07) is 17.9. The van der Waals surface area contributed by atoms with Crippen molar-refractivity contribution in [1.29, 1.82) is 0 Å². The van der Waals surface area contributed by atoms with Crippen molar-refractivity contribution in [2.75, 3.05) is 5.32 Å². The zero-order chi connectivity index (χ0) is 22.0. The van der Waals surface area contributed by atoms with Crippen LogP contribution in [0.1, 0.15) is 40.2 Å². The second kappa shape index (κ2) is 6.81. The van der Waals surface area contributed by atoms with Crippen molar-refractivity contribution in [2.24, 2.45) is 0 Å². The van der Waals surface area contributed by atoms with Gasteiger partial charge in [0.2, 0.25) is 5.91 Å². The number of benzene rings is 3. The lowest BCUT2D eigenvalue weighted by Gasteiger charge is -2.13. The van der Waals surface area contributed by atoms with E-state index in [1.165, 1.54) is 11.1 Å². The first-order valence-corrected chi connectivity index (χ1v) is 11.1. The Morgan fingerprint density at radius 2 is 1.94 bits per heavy atom. The maximum Gasteiger partial charge on any atom is 0.307 e. The highest BCUT2D eigenvalue weighted by Gasteiger charge is 2.65. The summed E-state index contributed by atoms with van der Waals surface area (Å²) in [5.74, 6) is -0.770. The molecule has 5 heteroatoms. The van der Waals surface area contributed by atoms with Gasteiger partial charge < -0.3 is 10.4 Å². The lowest BCUT2D eigenvalue weighted by molar-refractivity contribution is -0.136. The molecule has 2 aliphatic carbocycles. The number of carbonyl (C=O) groups excluding carboxylic acids is 1. The first-order valence-electron chi connectivity index (χ1n) is 10.7. The van der Waals surface area contributed by atoms with Gasteiger partial charge in [0, 0.05) is 17.2 Å². The van der Waals surface area contributed by atoms with Crippen LogP contribution in [0.4, 0.5) is 5.69 Å². The third-order valence-corrected chi connectivity index (χ3v) is 7.34. The molecule has 6 rings (SSSR count). The molecule has 4 nitrogen and oxygen atoms in total. The van der Waals surface area contributed by atoms with Crippen LogP contribution in [0.25, 0.3) is 17.2 Å². The van der Waals surface area contributed by atoms with Gasteiger partial charge in [-0.2, -0.15) is 0 Å². The summed E-state index contributed by atoms with van der Waals surface area (Å²) in [7, 11) is 0. The number of anilines is 1. The molecular weight excluding hydrogens is 422 g/mol. The maximum atomic E-state index is 13.1. The van der Waals surface area contributed by atoms with E-state index in [0.717, 1.165) is 46.3 Å².